The second-order valence-electron chi connectivity index (χ2n) is 5.97. The highest BCUT2D eigenvalue weighted by Crippen LogP contribution is 2.24. The Labute approximate surface area is 175 Å². The maximum Gasteiger partial charge on any atom is 0.234 e. The number of hydrogen-bond acceptors (Lipinski definition) is 5. The van der Waals surface area contributed by atoms with E-state index in [0.717, 1.165) is 21.4 Å². The van der Waals surface area contributed by atoms with E-state index in [4.69, 9.17) is 0 Å². The summed E-state index contributed by atoms with van der Waals surface area (Å²) in [4.78, 5) is 23.3. The first kappa shape index (κ1) is 20.1. The molecule has 0 bridgehead atoms. The zero-order valence-electron chi connectivity index (χ0n) is 15.3. The molecule has 1 aromatic heterocycles. The first-order valence-electron chi connectivity index (χ1n) is 8.38. The maximum absolute atomic E-state index is 12.1. The molecule has 1 heterocycles. The predicted octanol–water partition coefficient (Wildman–Crippen LogP) is 3.93. The lowest BCUT2D eigenvalue weighted by Gasteiger charge is -2.06. The summed E-state index contributed by atoms with van der Waals surface area (Å²) in [5.41, 5.74) is 2.33. The van der Waals surface area contributed by atoms with Gasteiger partial charge in [-0.1, -0.05) is 27.7 Å². The average Bonchev–Trinajstić information content (AvgIpc) is 3.03. The van der Waals surface area contributed by atoms with Crippen molar-refractivity contribution >= 4 is 50.9 Å². The summed E-state index contributed by atoms with van der Waals surface area (Å²) >= 11 is 4.68. The molecule has 0 aliphatic rings. The average molecular weight is 460 g/mol. The van der Waals surface area contributed by atoms with Gasteiger partial charge in [-0.15, -0.1) is 10.2 Å². The van der Waals surface area contributed by atoms with Crippen LogP contribution in [0.25, 0.3) is 11.4 Å². The van der Waals surface area contributed by atoms with Gasteiger partial charge in [0.15, 0.2) is 11.0 Å². The highest BCUT2D eigenvalue weighted by atomic mass is 79.9. The van der Waals surface area contributed by atoms with Gasteiger partial charge in [-0.3, -0.25) is 9.59 Å². The number of nitrogens with zero attached hydrogens (tertiary/aromatic N) is 3. The SMILES string of the molecule is CC(=O)Nc1ccc(-c2nnc(SCC(=O)Nc3ccc(Br)cc3)n2C)cc1. The third kappa shape index (κ3) is 5.20. The van der Waals surface area contributed by atoms with Crippen molar-refractivity contribution in [1.29, 1.82) is 0 Å². The Morgan fingerprint density at radius 2 is 1.61 bits per heavy atom. The fourth-order valence-corrected chi connectivity index (χ4v) is 3.43. The van der Waals surface area contributed by atoms with Gasteiger partial charge in [-0.05, 0) is 48.5 Å². The molecular weight excluding hydrogens is 442 g/mol. The van der Waals surface area contributed by atoms with Crippen LogP contribution in [0.4, 0.5) is 11.4 Å². The van der Waals surface area contributed by atoms with Crippen LogP contribution in [0.5, 0.6) is 0 Å². The number of aromatic nitrogens is 3. The first-order chi connectivity index (χ1) is 13.4. The second kappa shape index (κ2) is 9.03. The minimum Gasteiger partial charge on any atom is -0.326 e. The van der Waals surface area contributed by atoms with Crippen LogP contribution in [0.15, 0.2) is 58.2 Å². The van der Waals surface area contributed by atoms with Crippen LogP contribution in [0.3, 0.4) is 0 Å². The van der Waals surface area contributed by atoms with Gasteiger partial charge in [-0.2, -0.15) is 0 Å². The van der Waals surface area contributed by atoms with Gasteiger partial charge >= 0.3 is 0 Å². The lowest BCUT2D eigenvalue weighted by atomic mass is 10.2. The van der Waals surface area contributed by atoms with Crippen molar-refractivity contribution in [2.75, 3.05) is 16.4 Å². The van der Waals surface area contributed by atoms with Gasteiger partial charge in [-0.25, -0.2) is 0 Å². The number of carbonyl (C=O) groups excluding carboxylic acids is 2. The Kier molecular flexibility index (Phi) is 6.48. The Balaban J connectivity index is 1.62. The highest BCUT2D eigenvalue weighted by Gasteiger charge is 2.13. The number of hydrogen-bond donors (Lipinski definition) is 2. The molecule has 7 nitrogen and oxygen atoms in total. The molecule has 2 aromatic carbocycles. The molecule has 144 valence electrons. The smallest absolute Gasteiger partial charge is 0.234 e. The first-order valence-corrected chi connectivity index (χ1v) is 10.2. The van der Waals surface area contributed by atoms with E-state index in [2.05, 4.69) is 36.8 Å². The monoisotopic (exact) mass is 459 g/mol. The summed E-state index contributed by atoms with van der Waals surface area (Å²) in [6, 6.07) is 14.8. The van der Waals surface area contributed by atoms with Crippen LogP contribution >= 0.6 is 27.7 Å². The van der Waals surface area contributed by atoms with E-state index >= 15 is 0 Å². The van der Waals surface area contributed by atoms with Crippen molar-refractivity contribution < 1.29 is 9.59 Å². The number of thioether (sulfide) groups is 1. The van der Waals surface area contributed by atoms with Crippen LogP contribution in [0.1, 0.15) is 6.92 Å². The lowest BCUT2D eigenvalue weighted by molar-refractivity contribution is -0.114. The third-order valence-electron chi connectivity index (χ3n) is 3.76. The fourth-order valence-electron chi connectivity index (χ4n) is 2.46. The number of carbonyl (C=O) groups is 2. The summed E-state index contributed by atoms with van der Waals surface area (Å²) in [6.45, 7) is 1.47. The maximum atomic E-state index is 12.1. The van der Waals surface area contributed by atoms with Crippen LogP contribution in [0.2, 0.25) is 0 Å². The number of amides is 2. The molecule has 28 heavy (non-hydrogen) atoms. The topological polar surface area (TPSA) is 88.9 Å². The van der Waals surface area contributed by atoms with Crippen molar-refractivity contribution in [3.8, 4) is 11.4 Å². The molecular formula is C19H18BrN5O2S. The zero-order chi connectivity index (χ0) is 20.1. The number of nitrogens with one attached hydrogen (secondary N) is 2. The molecule has 3 rings (SSSR count). The van der Waals surface area contributed by atoms with E-state index in [-0.39, 0.29) is 17.6 Å². The minimum absolute atomic E-state index is 0.114. The quantitative estimate of drug-likeness (QED) is 0.545. The number of anilines is 2. The third-order valence-corrected chi connectivity index (χ3v) is 5.31. The fraction of sp³-hybridized carbons (Fsp3) is 0.158. The second-order valence-corrected chi connectivity index (χ2v) is 7.83. The molecule has 9 heteroatoms. The molecule has 3 aromatic rings. The molecule has 0 aliphatic carbocycles. The van der Waals surface area contributed by atoms with E-state index in [1.807, 2.05) is 60.1 Å². The molecule has 0 saturated carbocycles. The standard InChI is InChI=1S/C19H18BrN5O2S/c1-12(26)21-15-7-3-13(4-8-15)18-23-24-19(25(18)2)28-11-17(27)22-16-9-5-14(20)6-10-16/h3-10H,11H2,1-2H3,(H,21,26)(H,22,27). The highest BCUT2D eigenvalue weighted by molar-refractivity contribution is 9.10. The molecule has 2 N–H and O–H groups in total. The largest absolute Gasteiger partial charge is 0.326 e. The summed E-state index contributed by atoms with van der Waals surface area (Å²) in [5.74, 6) is 0.678. The molecule has 0 radical (unpaired) electrons. The van der Waals surface area contributed by atoms with Gasteiger partial charge in [0.25, 0.3) is 0 Å². The molecule has 2 amide bonds. The summed E-state index contributed by atoms with van der Waals surface area (Å²) in [7, 11) is 1.85. The van der Waals surface area contributed by atoms with Crippen molar-refractivity contribution in [3.05, 3.63) is 53.0 Å². The number of benzene rings is 2. The van der Waals surface area contributed by atoms with Crippen molar-refractivity contribution in [2.45, 2.75) is 12.1 Å². The molecule has 0 fully saturated rings. The van der Waals surface area contributed by atoms with Gasteiger partial charge in [0.1, 0.15) is 0 Å². The van der Waals surface area contributed by atoms with E-state index in [9.17, 15) is 9.59 Å². The van der Waals surface area contributed by atoms with Crippen molar-refractivity contribution in [1.82, 2.24) is 14.8 Å². The predicted molar refractivity (Wildman–Crippen MR) is 114 cm³/mol. The number of halogens is 1. The van der Waals surface area contributed by atoms with Crippen LogP contribution in [-0.2, 0) is 16.6 Å². The van der Waals surface area contributed by atoms with Crippen molar-refractivity contribution in [2.24, 2.45) is 7.05 Å². The van der Waals surface area contributed by atoms with Gasteiger partial charge < -0.3 is 15.2 Å². The summed E-state index contributed by atoms with van der Waals surface area (Å²) < 4.78 is 2.79. The molecule has 0 atom stereocenters. The van der Waals surface area contributed by atoms with Crippen LogP contribution in [0, 0.1) is 0 Å². The molecule has 0 unspecified atom stereocenters. The van der Waals surface area contributed by atoms with Crippen molar-refractivity contribution in [3.63, 3.8) is 0 Å². The molecule has 0 saturated heterocycles. The molecule has 0 aliphatic heterocycles. The summed E-state index contributed by atoms with van der Waals surface area (Å²) in [6.07, 6.45) is 0. The lowest BCUT2D eigenvalue weighted by Crippen LogP contribution is -2.14. The minimum atomic E-state index is -0.119. The van der Waals surface area contributed by atoms with Crippen LogP contribution < -0.4 is 10.6 Å². The van der Waals surface area contributed by atoms with E-state index < -0.39 is 0 Å². The van der Waals surface area contributed by atoms with Gasteiger partial charge in [0, 0.05) is 35.4 Å². The Bertz CT molecular complexity index is 987. The Morgan fingerprint density at radius 3 is 2.25 bits per heavy atom. The normalized spacial score (nSPS) is 10.5. The molecule has 0 spiro atoms. The van der Waals surface area contributed by atoms with Crippen LogP contribution in [-0.4, -0.2) is 32.3 Å². The van der Waals surface area contributed by atoms with E-state index in [0.29, 0.717) is 11.0 Å². The van der Waals surface area contributed by atoms with Gasteiger partial charge in [0.05, 0.1) is 5.75 Å². The Morgan fingerprint density at radius 1 is 1.00 bits per heavy atom. The van der Waals surface area contributed by atoms with E-state index in [1.54, 1.807) is 0 Å². The van der Waals surface area contributed by atoms with Gasteiger partial charge in [0.2, 0.25) is 11.8 Å². The Hall–Kier alpha value is -2.65. The number of rotatable bonds is 6. The zero-order valence-corrected chi connectivity index (χ0v) is 17.7. The summed E-state index contributed by atoms with van der Waals surface area (Å²) in [5, 5.41) is 14.6. The van der Waals surface area contributed by atoms with E-state index in [1.165, 1.54) is 18.7 Å².